The molecule has 1 amide bonds. The van der Waals surface area contributed by atoms with Gasteiger partial charge in [-0.2, -0.15) is 0 Å². The lowest BCUT2D eigenvalue weighted by atomic mass is 10.3. The molecule has 6 nitrogen and oxygen atoms in total. The maximum absolute atomic E-state index is 12.0. The van der Waals surface area contributed by atoms with Crippen molar-refractivity contribution in [2.24, 2.45) is 0 Å². The number of aryl methyl sites for hydroxylation is 1. The van der Waals surface area contributed by atoms with Crippen molar-refractivity contribution >= 4 is 47.0 Å². The first-order valence-electron chi connectivity index (χ1n) is 6.92. The summed E-state index contributed by atoms with van der Waals surface area (Å²) in [6, 6.07) is 4.92. The molecule has 2 rings (SSSR count). The Labute approximate surface area is 148 Å². The SMILES string of the molecule is Cc1ccc(C=CC(=O)OC(C)C(=O)Nc2ncc(Cl)cc2Cl)o1. The van der Waals surface area contributed by atoms with Crippen molar-refractivity contribution in [1.29, 1.82) is 0 Å². The van der Waals surface area contributed by atoms with Crippen LogP contribution in [0.15, 0.2) is 34.9 Å². The molecule has 0 aliphatic heterocycles. The first-order valence-corrected chi connectivity index (χ1v) is 7.68. The van der Waals surface area contributed by atoms with E-state index in [-0.39, 0.29) is 10.8 Å². The van der Waals surface area contributed by atoms with Gasteiger partial charge in [-0.15, -0.1) is 0 Å². The van der Waals surface area contributed by atoms with Crippen LogP contribution in [-0.2, 0) is 14.3 Å². The minimum Gasteiger partial charge on any atom is -0.462 e. The van der Waals surface area contributed by atoms with Crippen molar-refractivity contribution in [3.8, 4) is 0 Å². The minimum absolute atomic E-state index is 0.135. The van der Waals surface area contributed by atoms with Crippen LogP contribution in [0.1, 0.15) is 18.4 Å². The number of rotatable bonds is 5. The first kappa shape index (κ1) is 18.0. The normalized spacial score (nSPS) is 12.2. The number of hydrogen-bond donors (Lipinski definition) is 1. The van der Waals surface area contributed by atoms with E-state index in [1.54, 1.807) is 19.1 Å². The van der Waals surface area contributed by atoms with Crippen LogP contribution in [0.4, 0.5) is 5.82 Å². The van der Waals surface area contributed by atoms with E-state index in [4.69, 9.17) is 32.4 Å². The summed E-state index contributed by atoms with van der Waals surface area (Å²) in [5, 5.41) is 2.99. The number of esters is 1. The second-order valence-electron chi connectivity index (χ2n) is 4.83. The first-order chi connectivity index (χ1) is 11.3. The molecule has 24 heavy (non-hydrogen) atoms. The number of pyridine rings is 1. The maximum Gasteiger partial charge on any atom is 0.331 e. The lowest BCUT2D eigenvalue weighted by Gasteiger charge is -2.12. The summed E-state index contributed by atoms with van der Waals surface area (Å²) < 4.78 is 10.3. The van der Waals surface area contributed by atoms with Crippen LogP contribution in [0.25, 0.3) is 6.08 Å². The summed E-state index contributed by atoms with van der Waals surface area (Å²) in [7, 11) is 0. The van der Waals surface area contributed by atoms with Gasteiger partial charge in [-0.25, -0.2) is 9.78 Å². The van der Waals surface area contributed by atoms with Gasteiger partial charge in [0.1, 0.15) is 11.5 Å². The highest BCUT2D eigenvalue weighted by atomic mass is 35.5. The highest BCUT2D eigenvalue weighted by molar-refractivity contribution is 6.36. The number of ether oxygens (including phenoxy) is 1. The molecule has 0 bridgehead atoms. The fraction of sp³-hybridized carbons (Fsp3) is 0.188. The van der Waals surface area contributed by atoms with Crippen LogP contribution in [0.5, 0.6) is 0 Å². The van der Waals surface area contributed by atoms with Gasteiger partial charge < -0.3 is 14.5 Å². The van der Waals surface area contributed by atoms with E-state index in [0.29, 0.717) is 10.8 Å². The standard InChI is InChI=1S/C16H14Cl2N2O4/c1-9-3-4-12(23-9)5-6-14(21)24-10(2)16(22)20-15-13(18)7-11(17)8-19-15/h3-8,10H,1-2H3,(H,19,20,22). The number of amides is 1. The molecule has 8 heteroatoms. The van der Waals surface area contributed by atoms with Crippen LogP contribution < -0.4 is 5.32 Å². The van der Waals surface area contributed by atoms with Crippen LogP contribution in [0.2, 0.25) is 10.0 Å². The zero-order chi connectivity index (χ0) is 17.7. The van der Waals surface area contributed by atoms with E-state index in [9.17, 15) is 9.59 Å². The number of furan rings is 1. The molecule has 1 N–H and O–H groups in total. The van der Waals surface area contributed by atoms with E-state index in [2.05, 4.69) is 10.3 Å². The lowest BCUT2D eigenvalue weighted by molar-refractivity contribution is -0.148. The molecular weight excluding hydrogens is 355 g/mol. The van der Waals surface area contributed by atoms with E-state index >= 15 is 0 Å². The van der Waals surface area contributed by atoms with Gasteiger partial charge in [0.05, 0.1) is 10.0 Å². The summed E-state index contributed by atoms with van der Waals surface area (Å²) in [6.07, 6.45) is 2.94. The number of halogens is 2. The summed E-state index contributed by atoms with van der Waals surface area (Å²) in [5.41, 5.74) is 0. The molecule has 0 aliphatic rings. The Morgan fingerprint density at radius 2 is 2.12 bits per heavy atom. The molecule has 0 saturated carbocycles. The van der Waals surface area contributed by atoms with Gasteiger partial charge in [-0.05, 0) is 38.1 Å². The van der Waals surface area contributed by atoms with Gasteiger partial charge >= 0.3 is 5.97 Å². The van der Waals surface area contributed by atoms with E-state index in [0.717, 1.165) is 5.76 Å². The van der Waals surface area contributed by atoms with Crippen molar-refractivity contribution < 1.29 is 18.7 Å². The van der Waals surface area contributed by atoms with Gasteiger partial charge in [0.2, 0.25) is 0 Å². The summed E-state index contributed by atoms with van der Waals surface area (Å²) >= 11 is 11.6. The Balaban J connectivity index is 1.90. The molecular formula is C16H14Cl2N2O4. The highest BCUT2D eigenvalue weighted by Gasteiger charge is 2.18. The molecule has 0 saturated heterocycles. The third-order valence-corrected chi connectivity index (χ3v) is 3.35. The number of anilines is 1. The Hall–Kier alpha value is -2.31. The number of aromatic nitrogens is 1. The lowest BCUT2D eigenvalue weighted by Crippen LogP contribution is -2.29. The molecule has 1 unspecified atom stereocenters. The largest absolute Gasteiger partial charge is 0.462 e. The Morgan fingerprint density at radius 1 is 1.38 bits per heavy atom. The predicted molar refractivity (Wildman–Crippen MR) is 90.9 cm³/mol. The highest BCUT2D eigenvalue weighted by Crippen LogP contribution is 2.22. The Kier molecular flexibility index (Phi) is 6.00. The monoisotopic (exact) mass is 368 g/mol. The second-order valence-corrected chi connectivity index (χ2v) is 5.68. The van der Waals surface area contributed by atoms with Crippen molar-refractivity contribution in [1.82, 2.24) is 4.98 Å². The van der Waals surface area contributed by atoms with Crippen molar-refractivity contribution in [3.63, 3.8) is 0 Å². The average Bonchev–Trinajstić information content (AvgIpc) is 2.93. The van der Waals surface area contributed by atoms with Gasteiger partial charge in [0.25, 0.3) is 5.91 Å². The third-order valence-electron chi connectivity index (χ3n) is 2.86. The number of carbonyl (C=O) groups is 2. The number of nitrogens with one attached hydrogen (secondary N) is 1. The van der Waals surface area contributed by atoms with Gasteiger partial charge in [0.15, 0.2) is 11.9 Å². The van der Waals surface area contributed by atoms with E-state index in [1.165, 1.54) is 31.3 Å². The molecule has 2 heterocycles. The van der Waals surface area contributed by atoms with Crippen molar-refractivity contribution in [2.45, 2.75) is 20.0 Å². The Bertz CT molecular complexity index is 786. The fourth-order valence-corrected chi connectivity index (χ4v) is 2.11. The third kappa shape index (κ3) is 5.11. The summed E-state index contributed by atoms with van der Waals surface area (Å²) in [6.45, 7) is 3.22. The average molecular weight is 369 g/mol. The quantitative estimate of drug-likeness (QED) is 0.639. The minimum atomic E-state index is -1.03. The molecule has 0 spiro atoms. The maximum atomic E-state index is 12.0. The molecule has 2 aromatic heterocycles. The number of nitrogens with zero attached hydrogens (tertiary/aromatic N) is 1. The fourth-order valence-electron chi connectivity index (χ4n) is 1.69. The van der Waals surface area contributed by atoms with Gasteiger partial charge in [0, 0.05) is 12.3 Å². The van der Waals surface area contributed by atoms with Crippen LogP contribution in [0.3, 0.4) is 0 Å². The van der Waals surface area contributed by atoms with Crippen molar-refractivity contribution in [3.05, 3.63) is 52.0 Å². The van der Waals surface area contributed by atoms with E-state index < -0.39 is 18.0 Å². The zero-order valence-corrected chi connectivity index (χ0v) is 14.4. The van der Waals surface area contributed by atoms with Crippen molar-refractivity contribution in [2.75, 3.05) is 5.32 Å². The zero-order valence-electron chi connectivity index (χ0n) is 12.9. The topological polar surface area (TPSA) is 81.4 Å². The van der Waals surface area contributed by atoms with Gasteiger partial charge in [-0.1, -0.05) is 23.2 Å². The molecule has 1 atom stereocenters. The van der Waals surface area contributed by atoms with Crippen LogP contribution >= 0.6 is 23.2 Å². The molecule has 0 radical (unpaired) electrons. The summed E-state index contributed by atoms with van der Waals surface area (Å²) in [4.78, 5) is 27.6. The van der Waals surface area contributed by atoms with E-state index in [1.807, 2.05) is 0 Å². The second kappa shape index (κ2) is 7.99. The van der Waals surface area contributed by atoms with Gasteiger partial charge in [-0.3, -0.25) is 4.79 Å². The predicted octanol–water partition coefficient (Wildman–Crippen LogP) is 3.87. The molecule has 126 valence electrons. The molecule has 0 aromatic carbocycles. The molecule has 0 fully saturated rings. The van der Waals surface area contributed by atoms with Crippen LogP contribution in [-0.4, -0.2) is 23.0 Å². The van der Waals surface area contributed by atoms with Crippen LogP contribution in [0, 0.1) is 6.92 Å². The molecule has 2 aromatic rings. The summed E-state index contributed by atoms with van der Waals surface area (Å²) in [5.74, 6) is 0.126. The number of carbonyl (C=O) groups excluding carboxylic acids is 2. The number of hydrogen-bond acceptors (Lipinski definition) is 5. The smallest absolute Gasteiger partial charge is 0.331 e. The Morgan fingerprint density at radius 3 is 2.75 bits per heavy atom. The molecule has 0 aliphatic carbocycles.